The highest BCUT2D eigenvalue weighted by atomic mass is 16.5. The Morgan fingerprint density at radius 3 is 2.35 bits per heavy atom. The Morgan fingerprint density at radius 2 is 1.73 bits per heavy atom. The first-order valence-corrected chi connectivity index (χ1v) is 8.63. The molecule has 0 fully saturated rings. The number of nitrogens with one attached hydrogen (secondary N) is 1. The van der Waals surface area contributed by atoms with Crippen LogP contribution in [0.2, 0.25) is 0 Å². The second kappa shape index (κ2) is 9.04. The molecule has 1 amide bonds. The van der Waals surface area contributed by atoms with Crippen LogP contribution in [0.4, 0.5) is 5.69 Å². The van der Waals surface area contributed by atoms with Crippen LogP contribution >= 0.6 is 0 Å². The van der Waals surface area contributed by atoms with Crippen LogP contribution in [0.5, 0.6) is 11.5 Å². The van der Waals surface area contributed by atoms with E-state index in [9.17, 15) is 9.59 Å². The third kappa shape index (κ3) is 5.62. The van der Waals surface area contributed by atoms with Crippen LogP contribution in [-0.4, -0.2) is 24.9 Å². The molecule has 0 saturated heterocycles. The summed E-state index contributed by atoms with van der Waals surface area (Å²) in [6.07, 6.45) is 0.334. The zero-order valence-electron chi connectivity index (χ0n) is 15.7. The monoisotopic (exact) mass is 355 g/mol. The van der Waals surface area contributed by atoms with Gasteiger partial charge < -0.3 is 14.8 Å². The van der Waals surface area contributed by atoms with Crippen molar-refractivity contribution in [2.75, 3.05) is 12.4 Å². The van der Waals surface area contributed by atoms with Gasteiger partial charge in [-0.25, -0.2) is 0 Å². The SMILES string of the molecule is COc1ccc(C)cc1C(=O)CCC(=O)Nc1ccc(OC(C)C)cc1. The van der Waals surface area contributed by atoms with Crippen LogP contribution in [0.15, 0.2) is 42.5 Å². The molecule has 2 aromatic carbocycles. The Hall–Kier alpha value is -2.82. The maximum atomic E-state index is 12.4. The molecule has 1 N–H and O–H groups in total. The van der Waals surface area contributed by atoms with Crippen LogP contribution < -0.4 is 14.8 Å². The number of hydrogen-bond acceptors (Lipinski definition) is 4. The number of Topliss-reactive ketones (excluding diaryl/α,β-unsaturated/α-hetero) is 1. The van der Waals surface area contributed by atoms with Crippen LogP contribution in [0, 0.1) is 6.92 Å². The smallest absolute Gasteiger partial charge is 0.224 e. The van der Waals surface area contributed by atoms with Gasteiger partial charge in [-0.2, -0.15) is 0 Å². The molecule has 0 radical (unpaired) electrons. The lowest BCUT2D eigenvalue weighted by Crippen LogP contribution is -2.14. The maximum absolute atomic E-state index is 12.4. The largest absolute Gasteiger partial charge is 0.496 e. The molecule has 5 nitrogen and oxygen atoms in total. The summed E-state index contributed by atoms with van der Waals surface area (Å²) in [7, 11) is 1.53. The molecule has 0 bridgehead atoms. The number of benzene rings is 2. The van der Waals surface area contributed by atoms with E-state index in [1.165, 1.54) is 7.11 Å². The fraction of sp³-hybridized carbons (Fsp3) is 0.333. The number of amides is 1. The molecule has 0 spiro atoms. The van der Waals surface area contributed by atoms with E-state index in [1.807, 2.05) is 26.8 Å². The van der Waals surface area contributed by atoms with Crippen LogP contribution in [0.25, 0.3) is 0 Å². The molecule has 26 heavy (non-hydrogen) atoms. The summed E-state index contributed by atoms with van der Waals surface area (Å²) in [6.45, 7) is 5.82. The van der Waals surface area contributed by atoms with Gasteiger partial charge in [0.25, 0.3) is 0 Å². The fourth-order valence-electron chi connectivity index (χ4n) is 2.51. The number of rotatable bonds is 8. The number of carbonyl (C=O) groups excluding carboxylic acids is 2. The van der Waals surface area contributed by atoms with Gasteiger partial charge in [-0.15, -0.1) is 0 Å². The summed E-state index contributed by atoms with van der Waals surface area (Å²) in [5, 5.41) is 2.79. The molecule has 0 aliphatic carbocycles. The van der Waals surface area contributed by atoms with Gasteiger partial charge in [-0.3, -0.25) is 9.59 Å². The highest BCUT2D eigenvalue weighted by Gasteiger charge is 2.14. The lowest BCUT2D eigenvalue weighted by atomic mass is 10.0. The van der Waals surface area contributed by atoms with Crippen molar-refractivity contribution in [1.82, 2.24) is 0 Å². The van der Waals surface area contributed by atoms with Gasteiger partial charge in [0.1, 0.15) is 11.5 Å². The number of ether oxygens (including phenoxy) is 2. The Labute approximate surface area is 154 Å². The minimum absolute atomic E-state index is 0.0973. The molecule has 0 aliphatic rings. The second-order valence-corrected chi connectivity index (χ2v) is 6.37. The number of methoxy groups -OCH3 is 1. The number of anilines is 1. The fourth-order valence-corrected chi connectivity index (χ4v) is 2.51. The van der Waals surface area contributed by atoms with Crippen molar-refractivity contribution in [1.29, 1.82) is 0 Å². The normalized spacial score (nSPS) is 10.5. The molecular weight excluding hydrogens is 330 g/mol. The first-order valence-electron chi connectivity index (χ1n) is 8.63. The first kappa shape index (κ1) is 19.5. The quantitative estimate of drug-likeness (QED) is 0.713. The molecule has 0 aliphatic heterocycles. The van der Waals surface area contributed by atoms with Gasteiger partial charge in [0.05, 0.1) is 18.8 Å². The summed E-state index contributed by atoms with van der Waals surface area (Å²) in [5.41, 5.74) is 2.16. The van der Waals surface area contributed by atoms with Crippen molar-refractivity contribution in [3.8, 4) is 11.5 Å². The predicted octanol–water partition coefficient (Wildman–Crippen LogP) is 4.39. The van der Waals surface area contributed by atoms with E-state index in [-0.39, 0.29) is 30.6 Å². The number of aryl methyl sites for hydroxylation is 1. The molecule has 0 unspecified atom stereocenters. The van der Waals surface area contributed by atoms with E-state index >= 15 is 0 Å². The Kier molecular flexibility index (Phi) is 6.78. The van der Waals surface area contributed by atoms with Gasteiger partial charge in [0.15, 0.2) is 5.78 Å². The van der Waals surface area contributed by atoms with Crippen LogP contribution in [-0.2, 0) is 4.79 Å². The van der Waals surface area contributed by atoms with Crippen LogP contribution in [0.3, 0.4) is 0 Å². The van der Waals surface area contributed by atoms with E-state index in [2.05, 4.69) is 5.32 Å². The topological polar surface area (TPSA) is 64.6 Å². The maximum Gasteiger partial charge on any atom is 0.224 e. The van der Waals surface area contributed by atoms with E-state index in [0.717, 1.165) is 11.3 Å². The van der Waals surface area contributed by atoms with Crippen molar-refractivity contribution < 1.29 is 19.1 Å². The first-order chi connectivity index (χ1) is 12.4. The molecular formula is C21H25NO4. The summed E-state index contributed by atoms with van der Waals surface area (Å²) >= 11 is 0. The van der Waals surface area contributed by atoms with Gasteiger partial charge in [-0.05, 0) is 57.2 Å². The predicted molar refractivity (Wildman–Crippen MR) is 102 cm³/mol. The summed E-state index contributed by atoms with van der Waals surface area (Å²) < 4.78 is 10.8. The standard InChI is InChI=1S/C21H25NO4/c1-14(2)26-17-8-6-16(7-9-17)22-21(24)12-10-19(23)18-13-15(3)5-11-20(18)25-4/h5-9,11,13-14H,10,12H2,1-4H3,(H,22,24). The summed E-state index contributed by atoms with van der Waals surface area (Å²) in [5.74, 6) is 0.963. The minimum atomic E-state index is -0.206. The summed E-state index contributed by atoms with van der Waals surface area (Å²) in [6, 6.07) is 12.6. The molecule has 0 heterocycles. The number of ketones is 1. The minimum Gasteiger partial charge on any atom is -0.496 e. The lowest BCUT2D eigenvalue weighted by molar-refractivity contribution is -0.116. The van der Waals surface area contributed by atoms with Gasteiger partial charge >= 0.3 is 0 Å². The van der Waals surface area contributed by atoms with E-state index in [1.54, 1.807) is 36.4 Å². The Morgan fingerprint density at radius 1 is 1.04 bits per heavy atom. The van der Waals surface area contributed by atoms with Gasteiger partial charge in [-0.1, -0.05) is 11.6 Å². The molecule has 0 aromatic heterocycles. The molecule has 2 rings (SSSR count). The number of carbonyl (C=O) groups is 2. The molecule has 2 aromatic rings. The average Bonchev–Trinajstić information content (AvgIpc) is 2.61. The third-order valence-corrected chi connectivity index (χ3v) is 3.74. The van der Waals surface area contributed by atoms with E-state index < -0.39 is 0 Å². The summed E-state index contributed by atoms with van der Waals surface area (Å²) in [4.78, 5) is 24.5. The molecule has 0 saturated carbocycles. The van der Waals surface area contributed by atoms with Crippen molar-refractivity contribution >= 4 is 17.4 Å². The lowest BCUT2D eigenvalue weighted by Gasteiger charge is -2.11. The molecule has 138 valence electrons. The van der Waals surface area contributed by atoms with Crippen molar-refractivity contribution in [3.05, 3.63) is 53.6 Å². The Bertz CT molecular complexity index is 766. The van der Waals surface area contributed by atoms with Crippen molar-refractivity contribution in [3.63, 3.8) is 0 Å². The zero-order valence-corrected chi connectivity index (χ0v) is 15.7. The number of hydrogen-bond donors (Lipinski definition) is 1. The highest BCUT2D eigenvalue weighted by molar-refractivity contribution is 6.01. The average molecular weight is 355 g/mol. The second-order valence-electron chi connectivity index (χ2n) is 6.37. The molecule has 0 atom stereocenters. The third-order valence-electron chi connectivity index (χ3n) is 3.74. The Balaban J connectivity index is 1.90. The van der Waals surface area contributed by atoms with E-state index in [0.29, 0.717) is 17.0 Å². The van der Waals surface area contributed by atoms with E-state index in [4.69, 9.17) is 9.47 Å². The van der Waals surface area contributed by atoms with Crippen LogP contribution in [0.1, 0.15) is 42.6 Å². The molecule has 5 heteroatoms. The highest BCUT2D eigenvalue weighted by Crippen LogP contribution is 2.22. The van der Waals surface area contributed by atoms with Gasteiger partial charge in [0.2, 0.25) is 5.91 Å². The zero-order chi connectivity index (χ0) is 19.1. The van der Waals surface area contributed by atoms with Gasteiger partial charge in [0, 0.05) is 18.5 Å². The van der Waals surface area contributed by atoms with Crippen molar-refractivity contribution in [2.45, 2.75) is 39.7 Å². The van der Waals surface area contributed by atoms with Crippen molar-refractivity contribution in [2.24, 2.45) is 0 Å².